The molecule has 0 aliphatic heterocycles. The highest BCUT2D eigenvalue weighted by atomic mass is 35.5. The van der Waals surface area contributed by atoms with Gasteiger partial charge in [-0.3, -0.25) is 9.63 Å². The minimum absolute atomic E-state index is 0.117. The van der Waals surface area contributed by atoms with Gasteiger partial charge in [0.15, 0.2) is 0 Å². The number of allylic oxidation sites excluding steroid dienone is 1. The molecule has 0 aromatic heterocycles. The second-order valence-electron chi connectivity index (χ2n) is 6.74. The normalized spacial score (nSPS) is 13.1. The highest BCUT2D eigenvalue weighted by molar-refractivity contribution is 8.04. The Labute approximate surface area is 172 Å². The van der Waals surface area contributed by atoms with Crippen molar-refractivity contribution in [3.63, 3.8) is 0 Å². The Bertz CT molecular complexity index is 623. The molecular weight excluding hydrogens is 382 g/mol. The number of thioether (sulfide) groups is 1. The van der Waals surface area contributed by atoms with Gasteiger partial charge in [-0.1, -0.05) is 43.3 Å². The molecule has 1 atom stereocenters. The fourth-order valence-corrected chi connectivity index (χ4v) is 3.49. The predicted octanol–water partition coefficient (Wildman–Crippen LogP) is 4.26. The Morgan fingerprint density at radius 2 is 2.11 bits per heavy atom. The van der Waals surface area contributed by atoms with Gasteiger partial charge in [0.2, 0.25) is 0 Å². The third kappa shape index (κ3) is 9.63. The molecule has 1 aromatic carbocycles. The lowest BCUT2D eigenvalue weighted by Crippen LogP contribution is -2.46. The average Bonchev–Trinajstić information content (AvgIpc) is 2.60. The van der Waals surface area contributed by atoms with E-state index >= 15 is 0 Å². The summed E-state index contributed by atoms with van der Waals surface area (Å²) in [6.07, 6.45) is 3.26. The van der Waals surface area contributed by atoms with Crippen molar-refractivity contribution in [3.8, 4) is 0 Å². The molecule has 27 heavy (non-hydrogen) atoms. The monoisotopic (exact) mass is 413 g/mol. The molecule has 0 saturated heterocycles. The summed E-state index contributed by atoms with van der Waals surface area (Å²) >= 11 is 7.46. The Balaban J connectivity index is 2.67. The van der Waals surface area contributed by atoms with E-state index in [1.807, 2.05) is 45.2 Å². The topological polar surface area (TPSA) is 62.4 Å². The summed E-state index contributed by atoms with van der Waals surface area (Å²) in [6, 6.07) is 5.68. The fraction of sp³-hybridized carbons (Fsp3) is 0.550. The van der Waals surface area contributed by atoms with Gasteiger partial charge in [0.05, 0.1) is 11.5 Å². The first-order chi connectivity index (χ1) is 12.9. The van der Waals surface area contributed by atoms with Crippen LogP contribution in [0.1, 0.15) is 39.2 Å². The summed E-state index contributed by atoms with van der Waals surface area (Å²) in [5.41, 5.74) is 4.03. The number of amides is 1. The number of hydrogen-bond donors (Lipinski definition) is 3. The second kappa shape index (κ2) is 13.2. The summed E-state index contributed by atoms with van der Waals surface area (Å²) < 4.78 is 0. The number of carbonyl (C=O) groups excluding carboxylic acids is 1. The zero-order chi connectivity index (χ0) is 20.2. The summed E-state index contributed by atoms with van der Waals surface area (Å²) in [4.78, 5) is 19.9. The van der Waals surface area contributed by atoms with Crippen molar-refractivity contribution in [3.05, 3.63) is 39.8 Å². The smallest absolute Gasteiger partial charge is 0.258 e. The molecule has 1 rings (SSSR count). The van der Waals surface area contributed by atoms with Crippen LogP contribution < -0.4 is 16.1 Å². The number of aryl methyl sites for hydroxylation is 1. The van der Waals surface area contributed by atoms with Crippen molar-refractivity contribution in [1.29, 1.82) is 0 Å². The minimum atomic E-state index is -0.242. The van der Waals surface area contributed by atoms with Crippen molar-refractivity contribution in [2.24, 2.45) is 5.92 Å². The molecule has 0 spiro atoms. The largest absolute Gasteiger partial charge is 0.334 e. The number of nitrogens with one attached hydrogen (secondary N) is 3. The van der Waals surface area contributed by atoms with Crippen molar-refractivity contribution in [2.45, 2.75) is 51.6 Å². The molecule has 0 fully saturated rings. The molecule has 5 nitrogen and oxygen atoms in total. The lowest BCUT2D eigenvalue weighted by atomic mass is 10.1. The number of hydroxylamine groups is 1. The van der Waals surface area contributed by atoms with Crippen LogP contribution in [0, 0.1) is 12.8 Å². The van der Waals surface area contributed by atoms with Crippen LogP contribution in [0.3, 0.4) is 0 Å². The lowest BCUT2D eigenvalue weighted by molar-refractivity contribution is -0.119. The molecule has 0 heterocycles. The van der Waals surface area contributed by atoms with Gasteiger partial charge >= 0.3 is 0 Å². The van der Waals surface area contributed by atoms with Crippen LogP contribution in [0.2, 0.25) is 5.02 Å². The van der Waals surface area contributed by atoms with Crippen LogP contribution in [-0.2, 0) is 9.63 Å². The molecule has 1 amide bonds. The lowest BCUT2D eigenvalue weighted by Gasteiger charge is -2.22. The number of carbonyl (C=O) groups is 1. The van der Waals surface area contributed by atoms with Gasteiger partial charge in [0.25, 0.3) is 5.91 Å². The molecule has 0 saturated carbocycles. The SMILES string of the molecule is C/C=C(\Sc1ccc(Cl)cc1C)C(=O)NC(CC(C)C)NOCCCNC. The highest BCUT2D eigenvalue weighted by Crippen LogP contribution is 2.31. The Kier molecular flexibility index (Phi) is 11.7. The average molecular weight is 414 g/mol. The fourth-order valence-electron chi connectivity index (χ4n) is 2.40. The number of rotatable bonds is 12. The zero-order valence-electron chi connectivity index (χ0n) is 16.9. The van der Waals surface area contributed by atoms with E-state index in [0.29, 0.717) is 22.5 Å². The van der Waals surface area contributed by atoms with E-state index in [4.69, 9.17) is 16.4 Å². The molecular formula is C20H32ClN3O2S. The number of hydrogen-bond acceptors (Lipinski definition) is 5. The molecule has 1 unspecified atom stereocenters. The Morgan fingerprint density at radius 1 is 1.37 bits per heavy atom. The molecule has 152 valence electrons. The maximum atomic E-state index is 12.8. The van der Waals surface area contributed by atoms with E-state index in [2.05, 4.69) is 30.0 Å². The first-order valence-corrected chi connectivity index (χ1v) is 10.5. The van der Waals surface area contributed by atoms with Gasteiger partial charge in [-0.25, -0.2) is 0 Å². The Morgan fingerprint density at radius 3 is 2.70 bits per heavy atom. The van der Waals surface area contributed by atoms with Gasteiger partial charge in [0.1, 0.15) is 6.17 Å². The van der Waals surface area contributed by atoms with Crippen LogP contribution in [0.5, 0.6) is 0 Å². The number of halogens is 1. The van der Waals surface area contributed by atoms with Crippen molar-refractivity contribution < 1.29 is 9.63 Å². The van der Waals surface area contributed by atoms with E-state index in [1.54, 1.807) is 0 Å². The summed E-state index contributed by atoms with van der Waals surface area (Å²) in [6.45, 7) is 9.56. The van der Waals surface area contributed by atoms with Gasteiger partial charge < -0.3 is 10.6 Å². The van der Waals surface area contributed by atoms with E-state index in [0.717, 1.165) is 29.8 Å². The molecule has 0 aliphatic rings. The highest BCUT2D eigenvalue weighted by Gasteiger charge is 2.18. The molecule has 1 aromatic rings. The maximum absolute atomic E-state index is 12.8. The molecule has 7 heteroatoms. The van der Waals surface area contributed by atoms with Crippen molar-refractivity contribution in [1.82, 2.24) is 16.1 Å². The third-order valence-electron chi connectivity index (χ3n) is 3.75. The van der Waals surface area contributed by atoms with E-state index in [1.165, 1.54) is 11.8 Å². The summed E-state index contributed by atoms with van der Waals surface area (Å²) in [5, 5.41) is 6.81. The zero-order valence-corrected chi connectivity index (χ0v) is 18.5. The van der Waals surface area contributed by atoms with Crippen LogP contribution in [-0.4, -0.2) is 32.3 Å². The van der Waals surface area contributed by atoms with Gasteiger partial charge in [-0.05, 0) is 70.0 Å². The second-order valence-corrected chi connectivity index (χ2v) is 8.26. The molecule has 3 N–H and O–H groups in total. The van der Waals surface area contributed by atoms with Crippen LogP contribution in [0.15, 0.2) is 34.1 Å². The van der Waals surface area contributed by atoms with Crippen LogP contribution >= 0.6 is 23.4 Å². The van der Waals surface area contributed by atoms with E-state index in [9.17, 15) is 4.79 Å². The van der Waals surface area contributed by atoms with Crippen LogP contribution in [0.25, 0.3) is 0 Å². The summed E-state index contributed by atoms with van der Waals surface area (Å²) in [7, 11) is 1.91. The molecule has 0 bridgehead atoms. The van der Waals surface area contributed by atoms with Gasteiger partial charge in [-0.2, -0.15) is 5.48 Å². The summed E-state index contributed by atoms with van der Waals surface area (Å²) in [5.74, 6) is 0.303. The standard InChI is InChI=1S/C20H32ClN3O2S/c1-6-17(27-18-9-8-16(21)13-15(18)4)20(25)23-19(12-14(2)3)24-26-11-7-10-22-5/h6,8-9,13-14,19,22,24H,7,10-12H2,1-5H3,(H,23,25)/b17-6-. The predicted molar refractivity (Wildman–Crippen MR) is 115 cm³/mol. The molecule has 0 radical (unpaired) electrons. The van der Waals surface area contributed by atoms with Gasteiger partial charge in [-0.15, -0.1) is 0 Å². The van der Waals surface area contributed by atoms with Crippen molar-refractivity contribution in [2.75, 3.05) is 20.2 Å². The van der Waals surface area contributed by atoms with Crippen molar-refractivity contribution >= 4 is 29.3 Å². The minimum Gasteiger partial charge on any atom is -0.334 e. The van der Waals surface area contributed by atoms with Gasteiger partial charge in [0, 0.05) is 9.92 Å². The Hall–Kier alpha value is -1.05. The van der Waals surface area contributed by atoms with Crippen LogP contribution in [0.4, 0.5) is 0 Å². The first-order valence-electron chi connectivity index (χ1n) is 9.30. The quantitative estimate of drug-likeness (QED) is 0.157. The maximum Gasteiger partial charge on any atom is 0.258 e. The van der Waals surface area contributed by atoms with E-state index in [-0.39, 0.29) is 12.1 Å². The van der Waals surface area contributed by atoms with E-state index < -0.39 is 0 Å². The molecule has 0 aliphatic carbocycles. The number of benzene rings is 1. The first kappa shape index (κ1) is 24.0. The third-order valence-corrected chi connectivity index (χ3v) is 5.31.